The maximum absolute atomic E-state index is 13.6. The lowest BCUT2D eigenvalue weighted by molar-refractivity contribution is -0.139. The van der Waals surface area contributed by atoms with Crippen molar-refractivity contribution >= 4 is 29.3 Å². The SMILES string of the molecule is COc1c(Cl)cc(C(/C=C/c2ccc(-n3cncn3)cc2)C(F)(F)F)cc1Cl. The number of rotatable bonds is 5. The van der Waals surface area contributed by atoms with E-state index in [1.54, 1.807) is 28.9 Å². The maximum Gasteiger partial charge on any atom is 0.399 e. The van der Waals surface area contributed by atoms with Crippen LogP contribution in [0.2, 0.25) is 10.0 Å². The molecule has 3 rings (SSSR count). The summed E-state index contributed by atoms with van der Waals surface area (Å²) in [5.41, 5.74) is 1.28. The number of hydrogen-bond acceptors (Lipinski definition) is 3. The van der Waals surface area contributed by atoms with Crippen LogP contribution in [-0.2, 0) is 0 Å². The van der Waals surface area contributed by atoms with Gasteiger partial charge in [-0.2, -0.15) is 18.3 Å². The van der Waals surface area contributed by atoms with E-state index < -0.39 is 12.1 Å². The van der Waals surface area contributed by atoms with Crippen molar-refractivity contribution in [3.8, 4) is 11.4 Å². The highest BCUT2D eigenvalue weighted by Crippen LogP contribution is 2.42. The molecule has 146 valence electrons. The fraction of sp³-hybridized carbons (Fsp3) is 0.158. The van der Waals surface area contributed by atoms with Gasteiger partial charge in [-0.25, -0.2) is 9.67 Å². The fourth-order valence-electron chi connectivity index (χ4n) is 2.65. The molecule has 0 aliphatic rings. The largest absolute Gasteiger partial charge is 0.494 e. The lowest BCUT2D eigenvalue weighted by atomic mass is 9.97. The van der Waals surface area contributed by atoms with Gasteiger partial charge in [0, 0.05) is 0 Å². The van der Waals surface area contributed by atoms with Gasteiger partial charge < -0.3 is 4.74 Å². The quantitative estimate of drug-likeness (QED) is 0.505. The molecule has 3 aromatic rings. The van der Waals surface area contributed by atoms with Gasteiger partial charge in [0.1, 0.15) is 12.7 Å². The molecule has 0 saturated heterocycles. The van der Waals surface area contributed by atoms with E-state index in [-0.39, 0.29) is 21.4 Å². The molecular weight excluding hydrogens is 414 g/mol. The number of nitrogens with zero attached hydrogens (tertiary/aromatic N) is 3. The second kappa shape index (κ2) is 8.24. The minimum absolute atomic E-state index is 0.0184. The summed E-state index contributed by atoms with van der Waals surface area (Å²) in [5, 5.41) is 4.03. The summed E-state index contributed by atoms with van der Waals surface area (Å²) >= 11 is 12.0. The fourth-order valence-corrected chi connectivity index (χ4v) is 3.31. The molecule has 0 bridgehead atoms. The van der Waals surface area contributed by atoms with E-state index in [0.717, 1.165) is 11.8 Å². The molecule has 0 N–H and O–H groups in total. The number of hydrogen-bond donors (Lipinski definition) is 0. The van der Waals surface area contributed by atoms with Gasteiger partial charge in [0.2, 0.25) is 0 Å². The van der Waals surface area contributed by atoms with Crippen molar-refractivity contribution in [2.45, 2.75) is 12.1 Å². The van der Waals surface area contributed by atoms with Crippen molar-refractivity contribution < 1.29 is 17.9 Å². The van der Waals surface area contributed by atoms with Crippen molar-refractivity contribution in [1.82, 2.24) is 14.8 Å². The highest BCUT2D eigenvalue weighted by atomic mass is 35.5. The molecule has 2 aromatic carbocycles. The second-order valence-corrected chi connectivity index (χ2v) is 6.64. The summed E-state index contributed by atoms with van der Waals surface area (Å²) in [6.07, 6.45) is 0.876. The first kappa shape index (κ1) is 20.2. The van der Waals surface area contributed by atoms with E-state index in [1.807, 2.05) is 0 Å². The number of methoxy groups -OCH3 is 1. The molecule has 4 nitrogen and oxygen atoms in total. The maximum atomic E-state index is 13.6. The third-order valence-electron chi connectivity index (χ3n) is 3.99. The van der Waals surface area contributed by atoms with Crippen molar-refractivity contribution in [3.63, 3.8) is 0 Å². The molecule has 0 aliphatic heterocycles. The van der Waals surface area contributed by atoms with Crippen LogP contribution >= 0.6 is 23.2 Å². The standard InChI is InChI=1S/C19H14Cl2F3N3O/c1-28-18-16(20)8-13(9-17(18)21)15(19(22,23)24)7-4-12-2-5-14(6-3-12)27-11-25-10-26-27/h2-11,15H,1H3/b7-4+. The molecule has 1 heterocycles. The van der Waals surface area contributed by atoms with E-state index in [1.165, 1.54) is 38.0 Å². The number of benzene rings is 2. The zero-order valence-electron chi connectivity index (χ0n) is 14.5. The van der Waals surface area contributed by atoms with Crippen LogP contribution in [0.4, 0.5) is 13.2 Å². The summed E-state index contributed by atoms with van der Waals surface area (Å²) in [5.74, 6) is -1.73. The molecule has 0 aliphatic carbocycles. The number of ether oxygens (including phenoxy) is 1. The zero-order chi connectivity index (χ0) is 20.3. The van der Waals surface area contributed by atoms with Crippen molar-refractivity contribution in [2.24, 2.45) is 0 Å². The van der Waals surface area contributed by atoms with Crippen LogP contribution in [0.3, 0.4) is 0 Å². The lowest BCUT2D eigenvalue weighted by Crippen LogP contribution is -2.19. The number of aromatic nitrogens is 3. The van der Waals surface area contributed by atoms with Crippen molar-refractivity contribution in [1.29, 1.82) is 0 Å². The summed E-state index contributed by atoms with van der Waals surface area (Å²) in [6.45, 7) is 0. The Bertz CT molecular complexity index is 948. The van der Waals surface area contributed by atoms with Gasteiger partial charge in [-0.05, 0) is 35.4 Å². The predicted molar refractivity (Wildman–Crippen MR) is 102 cm³/mol. The van der Waals surface area contributed by atoms with E-state index in [4.69, 9.17) is 27.9 Å². The Morgan fingerprint density at radius 3 is 2.25 bits per heavy atom. The average Bonchev–Trinajstić information content (AvgIpc) is 3.16. The first-order chi connectivity index (χ1) is 13.3. The Labute approximate surface area is 169 Å². The molecule has 9 heteroatoms. The lowest BCUT2D eigenvalue weighted by Gasteiger charge is -2.19. The number of halogens is 5. The summed E-state index contributed by atoms with van der Waals surface area (Å²) in [4.78, 5) is 3.85. The number of alkyl halides is 3. The molecule has 1 aromatic heterocycles. The minimum atomic E-state index is -4.52. The van der Waals surface area contributed by atoms with E-state index in [9.17, 15) is 13.2 Å². The van der Waals surface area contributed by atoms with Crippen LogP contribution in [0.25, 0.3) is 11.8 Å². The minimum Gasteiger partial charge on any atom is -0.494 e. The Balaban J connectivity index is 1.89. The van der Waals surface area contributed by atoms with Crippen LogP contribution < -0.4 is 4.74 Å². The molecule has 0 fully saturated rings. The Hall–Kier alpha value is -2.51. The third kappa shape index (κ3) is 4.48. The van der Waals surface area contributed by atoms with Crippen molar-refractivity contribution in [2.75, 3.05) is 7.11 Å². The molecule has 1 atom stereocenters. The molecule has 0 spiro atoms. The van der Waals surface area contributed by atoms with Gasteiger partial charge in [0.25, 0.3) is 0 Å². The average molecular weight is 428 g/mol. The van der Waals surface area contributed by atoms with E-state index >= 15 is 0 Å². The Morgan fingerprint density at radius 2 is 1.75 bits per heavy atom. The zero-order valence-corrected chi connectivity index (χ0v) is 16.0. The molecular formula is C19H14Cl2F3N3O. The normalized spacial score (nSPS) is 13.1. The van der Waals surface area contributed by atoms with Gasteiger partial charge >= 0.3 is 6.18 Å². The van der Waals surface area contributed by atoms with Crippen LogP contribution in [0.15, 0.2) is 55.1 Å². The highest BCUT2D eigenvalue weighted by Gasteiger charge is 2.39. The van der Waals surface area contributed by atoms with E-state index in [2.05, 4.69) is 10.1 Å². The van der Waals surface area contributed by atoms with Gasteiger partial charge in [-0.3, -0.25) is 0 Å². The van der Waals surface area contributed by atoms with Crippen LogP contribution in [0, 0.1) is 0 Å². The Morgan fingerprint density at radius 1 is 1.11 bits per heavy atom. The molecule has 0 saturated carbocycles. The van der Waals surface area contributed by atoms with Gasteiger partial charge in [-0.1, -0.05) is 47.5 Å². The molecule has 28 heavy (non-hydrogen) atoms. The first-order valence-electron chi connectivity index (χ1n) is 8.02. The monoisotopic (exact) mass is 427 g/mol. The van der Waals surface area contributed by atoms with Gasteiger partial charge in [0.15, 0.2) is 5.75 Å². The highest BCUT2D eigenvalue weighted by molar-refractivity contribution is 6.37. The Kier molecular flexibility index (Phi) is 5.96. The van der Waals surface area contributed by atoms with Crippen LogP contribution in [-0.4, -0.2) is 28.1 Å². The third-order valence-corrected chi connectivity index (χ3v) is 4.56. The van der Waals surface area contributed by atoms with Gasteiger partial charge in [-0.15, -0.1) is 0 Å². The molecule has 0 radical (unpaired) electrons. The molecule has 0 amide bonds. The number of allylic oxidation sites excluding steroid dienone is 1. The summed E-state index contributed by atoms with van der Waals surface area (Å²) in [7, 11) is 1.34. The topological polar surface area (TPSA) is 39.9 Å². The summed E-state index contributed by atoms with van der Waals surface area (Å²) in [6, 6.07) is 9.27. The van der Waals surface area contributed by atoms with Gasteiger partial charge in [0.05, 0.1) is 28.8 Å². The molecule has 1 unspecified atom stereocenters. The van der Waals surface area contributed by atoms with Crippen LogP contribution in [0.1, 0.15) is 17.0 Å². The predicted octanol–water partition coefficient (Wildman–Crippen LogP) is 5.94. The van der Waals surface area contributed by atoms with Crippen molar-refractivity contribution in [3.05, 3.63) is 76.3 Å². The first-order valence-corrected chi connectivity index (χ1v) is 8.78. The second-order valence-electron chi connectivity index (χ2n) is 5.83. The summed E-state index contributed by atoms with van der Waals surface area (Å²) < 4.78 is 47.4. The van der Waals surface area contributed by atoms with E-state index in [0.29, 0.717) is 5.56 Å². The smallest absolute Gasteiger partial charge is 0.399 e. The van der Waals surface area contributed by atoms with Crippen LogP contribution in [0.5, 0.6) is 5.75 Å².